The number of hydrogen-bond donors (Lipinski definition) is 1. The third kappa shape index (κ3) is 2.70. The summed E-state index contributed by atoms with van der Waals surface area (Å²) in [5.41, 5.74) is 4.22. The molecule has 0 spiro atoms. The molecular weight excluding hydrogens is 312 g/mol. The van der Waals surface area contributed by atoms with Crippen LogP contribution < -0.4 is 4.74 Å². The fourth-order valence-corrected chi connectivity index (χ4v) is 2.93. The van der Waals surface area contributed by atoms with Crippen molar-refractivity contribution in [2.24, 2.45) is 0 Å². The quantitative estimate of drug-likeness (QED) is 0.675. The molecule has 122 valence electrons. The highest BCUT2D eigenvalue weighted by atomic mass is 16.5. The van der Waals surface area contributed by atoms with Crippen molar-refractivity contribution in [1.29, 1.82) is 0 Å². The second kappa shape index (κ2) is 5.95. The van der Waals surface area contributed by atoms with E-state index in [0.717, 1.165) is 16.7 Å². The van der Waals surface area contributed by atoms with Crippen LogP contribution in [-0.2, 0) is 0 Å². The molecule has 3 aromatic rings. The van der Waals surface area contributed by atoms with Crippen molar-refractivity contribution in [3.05, 3.63) is 89.2 Å². The Morgan fingerprint density at radius 1 is 0.880 bits per heavy atom. The molecule has 0 radical (unpaired) electrons. The molecule has 0 aliphatic carbocycles. The van der Waals surface area contributed by atoms with Gasteiger partial charge in [0, 0.05) is 5.56 Å². The van der Waals surface area contributed by atoms with Gasteiger partial charge >= 0.3 is 0 Å². The average molecular weight is 328 g/mol. The number of carbonyl (C=O) groups is 1. The topological polar surface area (TPSA) is 46.5 Å². The molecule has 3 nitrogen and oxygen atoms in total. The van der Waals surface area contributed by atoms with Crippen LogP contribution in [0.5, 0.6) is 11.5 Å². The second-order valence-corrected chi connectivity index (χ2v) is 6.01. The van der Waals surface area contributed by atoms with Gasteiger partial charge in [-0.3, -0.25) is 4.79 Å². The Balaban J connectivity index is 1.64. The van der Waals surface area contributed by atoms with Gasteiger partial charge in [-0.2, -0.15) is 0 Å². The second-order valence-electron chi connectivity index (χ2n) is 6.01. The summed E-state index contributed by atoms with van der Waals surface area (Å²) in [7, 11) is 0. The van der Waals surface area contributed by atoms with E-state index in [9.17, 15) is 9.90 Å². The standard InChI is InChI=1S/C22H16O3/c1-14-19(23)12-11-18-21(24)20(25-22(14)18)13-15-7-9-17(10-8-15)16-5-3-2-4-6-16/h2-13,23H,1H3/b20-13-. The Morgan fingerprint density at radius 2 is 1.56 bits per heavy atom. The normalized spacial score (nSPS) is 14.4. The molecule has 0 aromatic heterocycles. The van der Waals surface area contributed by atoms with Gasteiger partial charge in [-0.15, -0.1) is 0 Å². The van der Waals surface area contributed by atoms with Gasteiger partial charge in [0.05, 0.1) is 5.56 Å². The van der Waals surface area contributed by atoms with Crippen molar-refractivity contribution in [3.8, 4) is 22.6 Å². The zero-order valence-corrected chi connectivity index (χ0v) is 13.7. The van der Waals surface area contributed by atoms with Crippen molar-refractivity contribution < 1.29 is 14.6 Å². The van der Waals surface area contributed by atoms with Gasteiger partial charge in [0.15, 0.2) is 5.76 Å². The van der Waals surface area contributed by atoms with Crippen molar-refractivity contribution in [2.75, 3.05) is 0 Å². The summed E-state index contributed by atoms with van der Waals surface area (Å²) in [6, 6.07) is 21.2. The summed E-state index contributed by atoms with van der Waals surface area (Å²) < 4.78 is 5.70. The van der Waals surface area contributed by atoms with E-state index in [1.165, 1.54) is 6.07 Å². The molecule has 1 heterocycles. The van der Waals surface area contributed by atoms with Gasteiger partial charge in [-0.25, -0.2) is 0 Å². The van der Waals surface area contributed by atoms with Crippen LogP contribution in [0.1, 0.15) is 21.5 Å². The predicted molar refractivity (Wildman–Crippen MR) is 97.7 cm³/mol. The number of rotatable bonds is 2. The first-order chi connectivity index (χ1) is 12.1. The maximum atomic E-state index is 12.5. The number of Topliss-reactive ketones (excluding diaryl/α,β-unsaturated/α-hetero) is 1. The highest BCUT2D eigenvalue weighted by Crippen LogP contribution is 2.38. The lowest BCUT2D eigenvalue weighted by Crippen LogP contribution is -1.97. The third-order valence-corrected chi connectivity index (χ3v) is 4.37. The molecule has 1 N–H and O–H groups in total. The van der Waals surface area contributed by atoms with Crippen molar-refractivity contribution >= 4 is 11.9 Å². The Hall–Kier alpha value is -3.33. The first-order valence-electron chi connectivity index (χ1n) is 8.06. The molecular formula is C22H16O3. The van der Waals surface area contributed by atoms with Crippen molar-refractivity contribution in [2.45, 2.75) is 6.92 Å². The summed E-state index contributed by atoms with van der Waals surface area (Å²) in [6.45, 7) is 1.74. The van der Waals surface area contributed by atoms with E-state index >= 15 is 0 Å². The Bertz CT molecular complexity index is 984. The van der Waals surface area contributed by atoms with Crippen LogP contribution in [-0.4, -0.2) is 10.9 Å². The molecule has 0 saturated carbocycles. The van der Waals surface area contributed by atoms with Crippen molar-refractivity contribution in [1.82, 2.24) is 0 Å². The molecule has 0 saturated heterocycles. The van der Waals surface area contributed by atoms with Crippen LogP contribution in [0.15, 0.2) is 72.5 Å². The molecule has 3 heteroatoms. The maximum Gasteiger partial charge on any atom is 0.231 e. The summed E-state index contributed by atoms with van der Waals surface area (Å²) in [5.74, 6) is 0.679. The first-order valence-corrected chi connectivity index (χ1v) is 8.06. The van der Waals surface area contributed by atoms with E-state index in [1.54, 1.807) is 19.1 Å². The first kappa shape index (κ1) is 15.2. The number of hydrogen-bond acceptors (Lipinski definition) is 3. The summed E-state index contributed by atoms with van der Waals surface area (Å²) >= 11 is 0. The summed E-state index contributed by atoms with van der Waals surface area (Å²) in [6.07, 6.45) is 1.73. The van der Waals surface area contributed by atoms with Gasteiger partial charge in [0.2, 0.25) is 5.78 Å². The van der Waals surface area contributed by atoms with Crippen LogP contribution in [0.2, 0.25) is 0 Å². The largest absolute Gasteiger partial charge is 0.508 e. The van der Waals surface area contributed by atoms with E-state index in [2.05, 4.69) is 12.1 Å². The van der Waals surface area contributed by atoms with E-state index in [0.29, 0.717) is 16.9 Å². The van der Waals surface area contributed by atoms with Crippen LogP contribution in [0.4, 0.5) is 0 Å². The molecule has 0 fully saturated rings. The SMILES string of the molecule is Cc1c(O)ccc2c1O/C(=C\c1ccc(-c3ccccc3)cc1)C2=O. The highest BCUT2D eigenvalue weighted by molar-refractivity contribution is 6.14. The zero-order valence-electron chi connectivity index (χ0n) is 13.7. The molecule has 25 heavy (non-hydrogen) atoms. The van der Waals surface area contributed by atoms with Gasteiger partial charge in [-0.05, 0) is 41.8 Å². The van der Waals surface area contributed by atoms with Crippen LogP contribution >= 0.6 is 0 Å². The van der Waals surface area contributed by atoms with Gasteiger partial charge in [0.25, 0.3) is 0 Å². The van der Waals surface area contributed by atoms with Crippen LogP contribution in [0.3, 0.4) is 0 Å². The molecule has 0 amide bonds. The minimum atomic E-state index is -0.162. The van der Waals surface area contributed by atoms with E-state index < -0.39 is 0 Å². The highest BCUT2D eigenvalue weighted by Gasteiger charge is 2.29. The predicted octanol–water partition coefficient (Wildman–Crippen LogP) is 4.98. The zero-order chi connectivity index (χ0) is 17.4. The maximum absolute atomic E-state index is 12.5. The number of carbonyl (C=O) groups excluding carboxylic acids is 1. The van der Waals surface area contributed by atoms with Crippen LogP contribution in [0.25, 0.3) is 17.2 Å². The number of phenols is 1. The van der Waals surface area contributed by atoms with E-state index in [-0.39, 0.29) is 17.3 Å². The fourth-order valence-electron chi connectivity index (χ4n) is 2.93. The summed E-state index contributed by atoms with van der Waals surface area (Å²) in [4.78, 5) is 12.5. The summed E-state index contributed by atoms with van der Waals surface area (Å²) in [5, 5.41) is 9.77. The molecule has 1 aliphatic rings. The lowest BCUT2D eigenvalue weighted by Gasteiger charge is -2.04. The number of ether oxygens (including phenoxy) is 1. The Morgan fingerprint density at radius 3 is 2.28 bits per heavy atom. The molecule has 0 bridgehead atoms. The van der Waals surface area contributed by atoms with Gasteiger partial charge in [0.1, 0.15) is 11.5 Å². The van der Waals surface area contributed by atoms with Crippen LogP contribution in [0, 0.1) is 6.92 Å². The van der Waals surface area contributed by atoms with Gasteiger partial charge in [-0.1, -0.05) is 54.6 Å². The van der Waals surface area contributed by atoms with Gasteiger partial charge < -0.3 is 9.84 Å². The molecule has 4 rings (SSSR count). The Labute approximate surface area is 145 Å². The van der Waals surface area contributed by atoms with Crippen molar-refractivity contribution in [3.63, 3.8) is 0 Å². The molecule has 0 unspecified atom stereocenters. The number of benzene rings is 3. The number of aromatic hydroxyl groups is 1. The minimum absolute atomic E-state index is 0.125. The number of phenolic OH excluding ortho intramolecular Hbond substituents is 1. The lowest BCUT2D eigenvalue weighted by molar-refractivity contribution is 0.101. The molecule has 1 aliphatic heterocycles. The fraction of sp³-hybridized carbons (Fsp3) is 0.0455. The van der Waals surface area contributed by atoms with E-state index in [1.807, 2.05) is 42.5 Å². The molecule has 0 atom stereocenters. The minimum Gasteiger partial charge on any atom is -0.508 e. The smallest absolute Gasteiger partial charge is 0.231 e. The third-order valence-electron chi connectivity index (χ3n) is 4.37. The number of fused-ring (bicyclic) bond motifs is 1. The molecule has 3 aromatic carbocycles. The van der Waals surface area contributed by atoms with E-state index in [4.69, 9.17) is 4.74 Å². The number of ketones is 1. The Kier molecular flexibility index (Phi) is 3.62. The average Bonchev–Trinajstić information content (AvgIpc) is 2.96. The monoisotopic (exact) mass is 328 g/mol. The lowest BCUT2D eigenvalue weighted by atomic mass is 10.0. The number of allylic oxidation sites excluding steroid dienone is 1.